The zero-order valence-electron chi connectivity index (χ0n) is 9.31. The van der Waals surface area contributed by atoms with E-state index in [9.17, 15) is 4.39 Å². The summed E-state index contributed by atoms with van der Waals surface area (Å²) in [5.74, 6) is 0.391. The van der Waals surface area contributed by atoms with Gasteiger partial charge in [0.05, 0.1) is 0 Å². The van der Waals surface area contributed by atoms with Crippen molar-refractivity contribution in [3.8, 4) is 0 Å². The van der Waals surface area contributed by atoms with Crippen molar-refractivity contribution in [2.45, 2.75) is 25.7 Å². The van der Waals surface area contributed by atoms with Crippen LogP contribution in [0.15, 0.2) is 18.2 Å². The Morgan fingerprint density at radius 3 is 3.12 bits per heavy atom. The molecular weight excluding hydrogens is 225 g/mol. The van der Waals surface area contributed by atoms with Gasteiger partial charge >= 0.3 is 0 Å². The molecule has 0 spiro atoms. The minimum Gasteiger partial charge on any atom is -0.316 e. The predicted octanol–water partition coefficient (Wildman–Crippen LogP) is 3.41. The highest BCUT2D eigenvalue weighted by Crippen LogP contribution is 2.23. The van der Waals surface area contributed by atoms with E-state index in [0.717, 1.165) is 25.1 Å². The lowest BCUT2D eigenvalue weighted by molar-refractivity contribution is 0.476. The van der Waals surface area contributed by atoms with Gasteiger partial charge in [-0.05, 0) is 62.0 Å². The molecule has 0 saturated carbocycles. The van der Waals surface area contributed by atoms with Crippen molar-refractivity contribution >= 4 is 11.6 Å². The summed E-state index contributed by atoms with van der Waals surface area (Å²) in [4.78, 5) is 0. The molecule has 0 amide bonds. The van der Waals surface area contributed by atoms with Gasteiger partial charge in [0, 0.05) is 5.02 Å². The largest absolute Gasteiger partial charge is 0.316 e. The maximum atomic E-state index is 13.1. The Bertz CT molecular complexity index is 346. The van der Waals surface area contributed by atoms with E-state index < -0.39 is 0 Å². The lowest BCUT2D eigenvalue weighted by Crippen LogP contribution is -2.22. The predicted molar refractivity (Wildman–Crippen MR) is 65.3 cm³/mol. The lowest BCUT2D eigenvalue weighted by atomic mass is 9.95. The Kier molecular flexibility index (Phi) is 4.19. The van der Waals surface area contributed by atoms with Gasteiger partial charge in [0.1, 0.15) is 5.82 Å². The lowest BCUT2D eigenvalue weighted by Gasteiger charge is -2.15. The van der Waals surface area contributed by atoms with Gasteiger partial charge in [-0.1, -0.05) is 18.0 Å². The van der Waals surface area contributed by atoms with Crippen LogP contribution in [0.4, 0.5) is 4.39 Å². The van der Waals surface area contributed by atoms with Crippen LogP contribution in [0.1, 0.15) is 24.8 Å². The van der Waals surface area contributed by atoms with Crippen LogP contribution in [0.2, 0.25) is 5.02 Å². The molecule has 1 nitrogen and oxygen atoms in total. The molecule has 0 aromatic heterocycles. The van der Waals surface area contributed by atoms with Crippen molar-refractivity contribution in [3.05, 3.63) is 34.6 Å². The molecule has 1 N–H and O–H groups in total. The van der Waals surface area contributed by atoms with Crippen molar-refractivity contribution < 1.29 is 4.39 Å². The molecule has 0 radical (unpaired) electrons. The number of halogens is 2. The third kappa shape index (κ3) is 3.19. The molecule has 2 rings (SSSR count). The van der Waals surface area contributed by atoms with Crippen LogP contribution in [0.5, 0.6) is 0 Å². The van der Waals surface area contributed by atoms with E-state index in [2.05, 4.69) is 5.32 Å². The van der Waals surface area contributed by atoms with Crippen LogP contribution in [0, 0.1) is 11.7 Å². The monoisotopic (exact) mass is 241 g/mol. The molecule has 16 heavy (non-hydrogen) atoms. The third-order valence-corrected chi connectivity index (χ3v) is 3.53. The fourth-order valence-corrected chi connectivity index (χ4v) is 2.47. The SMILES string of the molecule is Fc1ccc(Cl)c(CC2CCCCNC2)c1. The first-order valence-corrected chi connectivity index (χ1v) is 6.28. The Morgan fingerprint density at radius 2 is 2.25 bits per heavy atom. The molecule has 1 unspecified atom stereocenters. The molecule has 1 heterocycles. The Balaban J connectivity index is 2.04. The molecule has 1 aliphatic rings. The van der Waals surface area contributed by atoms with Crippen LogP contribution < -0.4 is 5.32 Å². The molecule has 88 valence electrons. The molecular formula is C13H17ClFN. The second kappa shape index (κ2) is 5.65. The first-order chi connectivity index (χ1) is 7.75. The topological polar surface area (TPSA) is 12.0 Å². The number of hydrogen-bond acceptors (Lipinski definition) is 1. The summed E-state index contributed by atoms with van der Waals surface area (Å²) in [5.41, 5.74) is 0.940. The summed E-state index contributed by atoms with van der Waals surface area (Å²) in [6.07, 6.45) is 4.58. The Morgan fingerprint density at radius 1 is 1.38 bits per heavy atom. The highest BCUT2D eigenvalue weighted by atomic mass is 35.5. The molecule has 3 heteroatoms. The Labute approximate surface area is 101 Å². The second-order valence-electron chi connectivity index (χ2n) is 4.51. The summed E-state index contributed by atoms with van der Waals surface area (Å²) >= 11 is 6.07. The minimum atomic E-state index is -0.194. The molecule has 0 aliphatic carbocycles. The Hall–Kier alpha value is -0.600. The minimum absolute atomic E-state index is 0.194. The first-order valence-electron chi connectivity index (χ1n) is 5.90. The van der Waals surface area contributed by atoms with Gasteiger partial charge in [0.15, 0.2) is 0 Å². The average molecular weight is 242 g/mol. The number of rotatable bonds is 2. The summed E-state index contributed by atoms with van der Waals surface area (Å²) in [6, 6.07) is 4.63. The van der Waals surface area contributed by atoms with Crippen LogP contribution in [0.25, 0.3) is 0 Å². The van der Waals surface area contributed by atoms with Gasteiger partial charge in [-0.15, -0.1) is 0 Å². The van der Waals surface area contributed by atoms with Crippen LogP contribution in [-0.4, -0.2) is 13.1 Å². The van der Waals surface area contributed by atoms with E-state index in [1.54, 1.807) is 12.1 Å². The van der Waals surface area contributed by atoms with Crippen LogP contribution in [0.3, 0.4) is 0 Å². The maximum Gasteiger partial charge on any atom is 0.123 e. The maximum absolute atomic E-state index is 13.1. The van der Waals surface area contributed by atoms with E-state index in [4.69, 9.17) is 11.6 Å². The number of benzene rings is 1. The van der Waals surface area contributed by atoms with E-state index in [0.29, 0.717) is 10.9 Å². The summed E-state index contributed by atoms with van der Waals surface area (Å²) in [7, 11) is 0. The van der Waals surface area contributed by atoms with Crippen molar-refractivity contribution in [2.75, 3.05) is 13.1 Å². The molecule has 1 aliphatic heterocycles. The number of hydrogen-bond donors (Lipinski definition) is 1. The molecule has 0 bridgehead atoms. The fraction of sp³-hybridized carbons (Fsp3) is 0.538. The van der Waals surface area contributed by atoms with Gasteiger partial charge in [0.25, 0.3) is 0 Å². The summed E-state index contributed by atoms with van der Waals surface area (Å²) < 4.78 is 13.1. The third-order valence-electron chi connectivity index (χ3n) is 3.17. The van der Waals surface area contributed by atoms with E-state index in [1.165, 1.54) is 25.3 Å². The van der Waals surface area contributed by atoms with Crippen molar-refractivity contribution in [1.82, 2.24) is 5.32 Å². The highest BCUT2D eigenvalue weighted by Gasteiger charge is 2.14. The molecule has 1 aromatic carbocycles. The van der Waals surface area contributed by atoms with Gasteiger partial charge in [0.2, 0.25) is 0 Å². The summed E-state index contributed by atoms with van der Waals surface area (Å²) in [6.45, 7) is 2.13. The molecule has 1 saturated heterocycles. The zero-order valence-corrected chi connectivity index (χ0v) is 10.1. The van der Waals surface area contributed by atoms with Crippen LogP contribution >= 0.6 is 11.6 Å². The van der Waals surface area contributed by atoms with E-state index in [-0.39, 0.29) is 5.82 Å². The van der Waals surface area contributed by atoms with E-state index >= 15 is 0 Å². The van der Waals surface area contributed by atoms with Gasteiger partial charge < -0.3 is 5.32 Å². The van der Waals surface area contributed by atoms with Gasteiger partial charge in [-0.3, -0.25) is 0 Å². The smallest absolute Gasteiger partial charge is 0.123 e. The highest BCUT2D eigenvalue weighted by molar-refractivity contribution is 6.31. The van der Waals surface area contributed by atoms with Gasteiger partial charge in [-0.2, -0.15) is 0 Å². The first kappa shape index (κ1) is 11.9. The molecule has 1 aromatic rings. The van der Waals surface area contributed by atoms with Gasteiger partial charge in [-0.25, -0.2) is 4.39 Å². The zero-order chi connectivity index (χ0) is 11.4. The van der Waals surface area contributed by atoms with Crippen LogP contribution in [-0.2, 0) is 6.42 Å². The second-order valence-corrected chi connectivity index (χ2v) is 4.91. The van der Waals surface area contributed by atoms with Crippen molar-refractivity contribution in [3.63, 3.8) is 0 Å². The number of nitrogens with one attached hydrogen (secondary N) is 1. The standard InChI is InChI=1S/C13H17ClFN/c14-13-5-4-12(15)8-11(13)7-10-3-1-2-6-16-9-10/h4-5,8,10,16H,1-3,6-7,9H2. The molecule has 1 fully saturated rings. The molecule has 1 atom stereocenters. The average Bonchev–Trinajstić information content (AvgIpc) is 2.52. The van der Waals surface area contributed by atoms with Crippen molar-refractivity contribution in [2.24, 2.45) is 5.92 Å². The fourth-order valence-electron chi connectivity index (χ4n) is 2.28. The summed E-state index contributed by atoms with van der Waals surface area (Å²) in [5, 5.41) is 4.10. The quantitative estimate of drug-likeness (QED) is 0.837. The van der Waals surface area contributed by atoms with E-state index in [1.807, 2.05) is 0 Å². The van der Waals surface area contributed by atoms with Crippen molar-refractivity contribution in [1.29, 1.82) is 0 Å². The normalized spacial score (nSPS) is 21.8.